The molecule has 38 heavy (non-hydrogen) atoms. The summed E-state index contributed by atoms with van der Waals surface area (Å²) in [6, 6.07) is 14.9. The van der Waals surface area contributed by atoms with Gasteiger partial charge in [-0.05, 0) is 87.7 Å². The Hall–Kier alpha value is -2.75. The number of nitrogens with two attached hydrogens (primary N) is 1. The lowest BCUT2D eigenvalue weighted by atomic mass is 9.74. The summed E-state index contributed by atoms with van der Waals surface area (Å²) in [6.45, 7) is 4.54. The number of amides is 2. The molecule has 0 radical (unpaired) electrons. The molecule has 2 unspecified atom stereocenters. The maximum absolute atomic E-state index is 14.5. The van der Waals surface area contributed by atoms with E-state index in [0.29, 0.717) is 38.0 Å². The molecule has 2 aromatic rings. The molecule has 4 N–H and O–H groups in total. The minimum Gasteiger partial charge on any atom is -0.343 e. The fraction of sp³-hybridized carbons (Fsp3) is 0.517. The first-order chi connectivity index (χ1) is 17.9. The van der Waals surface area contributed by atoms with Crippen LogP contribution >= 0.6 is 0 Å². The van der Waals surface area contributed by atoms with E-state index in [1.165, 1.54) is 22.3 Å². The number of anilines is 1. The van der Waals surface area contributed by atoms with E-state index in [9.17, 15) is 18.0 Å². The highest BCUT2D eigenvalue weighted by Crippen LogP contribution is 2.52. The van der Waals surface area contributed by atoms with Gasteiger partial charge in [0.1, 0.15) is 11.4 Å². The van der Waals surface area contributed by atoms with Crippen molar-refractivity contribution < 1.29 is 18.0 Å². The normalized spacial score (nSPS) is 21.7. The predicted molar refractivity (Wildman–Crippen MR) is 148 cm³/mol. The molecule has 9 heteroatoms. The summed E-state index contributed by atoms with van der Waals surface area (Å²) in [5, 5.41) is 5.22. The number of rotatable bonds is 6. The number of hydrogen-bond acceptors (Lipinski definition) is 6. The molecule has 3 aliphatic rings. The Bertz CT molecular complexity index is 1320. The van der Waals surface area contributed by atoms with Crippen molar-refractivity contribution in [2.75, 3.05) is 24.2 Å². The third-order valence-corrected chi connectivity index (χ3v) is 9.91. The molecule has 204 valence electrons. The molecule has 0 aromatic heterocycles. The minimum absolute atomic E-state index is 0.143. The van der Waals surface area contributed by atoms with E-state index in [1.807, 2.05) is 36.4 Å². The smallest absolute Gasteiger partial charge is 0.250 e. The highest BCUT2D eigenvalue weighted by Gasteiger charge is 2.58. The minimum atomic E-state index is -3.69. The lowest BCUT2D eigenvalue weighted by Crippen LogP contribution is -2.61. The number of piperidine rings is 1. The summed E-state index contributed by atoms with van der Waals surface area (Å²) >= 11 is 0. The topological polar surface area (TPSA) is 122 Å². The van der Waals surface area contributed by atoms with Crippen LogP contribution in [0.2, 0.25) is 0 Å². The van der Waals surface area contributed by atoms with Crippen LogP contribution in [0.1, 0.15) is 49.8 Å². The Balaban J connectivity index is 1.54. The third-order valence-electron chi connectivity index (χ3n) is 8.44. The second-order valence-electron chi connectivity index (χ2n) is 11.8. The van der Waals surface area contributed by atoms with Crippen molar-refractivity contribution in [3.8, 4) is 0 Å². The van der Waals surface area contributed by atoms with Crippen molar-refractivity contribution >= 4 is 27.3 Å². The van der Waals surface area contributed by atoms with Crippen LogP contribution in [0.3, 0.4) is 0 Å². The number of hydrogen-bond donors (Lipinski definition) is 3. The van der Waals surface area contributed by atoms with Crippen LogP contribution in [0.4, 0.5) is 5.69 Å². The molecule has 1 spiro atoms. The van der Waals surface area contributed by atoms with E-state index in [1.54, 1.807) is 13.8 Å². The van der Waals surface area contributed by atoms with E-state index in [0.717, 1.165) is 18.4 Å². The number of sulfone groups is 1. The first kappa shape index (κ1) is 26.8. The number of para-hydroxylation sites is 1. The molecule has 2 aromatic carbocycles. The first-order valence-electron chi connectivity index (χ1n) is 13.4. The molecule has 5 rings (SSSR count). The number of fused-ring (bicyclic) bond motifs is 3. The number of benzene rings is 2. The average molecular weight is 539 g/mol. The zero-order valence-electron chi connectivity index (χ0n) is 22.4. The van der Waals surface area contributed by atoms with Crippen molar-refractivity contribution in [3.63, 3.8) is 0 Å². The van der Waals surface area contributed by atoms with Crippen molar-refractivity contribution in [2.24, 2.45) is 11.7 Å². The van der Waals surface area contributed by atoms with Gasteiger partial charge in [-0.3, -0.25) is 14.5 Å². The Labute approximate surface area is 225 Å². The zero-order chi connectivity index (χ0) is 27.3. The summed E-state index contributed by atoms with van der Waals surface area (Å²) in [6.07, 6.45) is 4.45. The average Bonchev–Trinajstić information content (AvgIpc) is 3.40. The fourth-order valence-electron chi connectivity index (χ4n) is 6.72. The van der Waals surface area contributed by atoms with E-state index < -0.39 is 44.0 Å². The van der Waals surface area contributed by atoms with Crippen molar-refractivity contribution in [3.05, 3.63) is 65.2 Å². The van der Waals surface area contributed by atoms with Crippen LogP contribution in [0.5, 0.6) is 0 Å². The highest BCUT2D eigenvalue weighted by molar-refractivity contribution is 7.91. The Morgan fingerprint density at radius 3 is 2.24 bits per heavy atom. The quantitative estimate of drug-likeness (QED) is 0.518. The predicted octanol–water partition coefficient (Wildman–Crippen LogP) is 2.05. The first-order valence-corrected chi connectivity index (χ1v) is 15.4. The second-order valence-corrected chi connectivity index (χ2v) is 13.9. The number of carbonyl (C=O) groups excluding carboxylic acids is 2. The van der Waals surface area contributed by atoms with Gasteiger partial charge >= 0.3 is 0 Å². The largest absolute Gasteiger partial charge is 0.343 e. The maximum atomic E-state index is 14.5. The van der Waals surface area contributed by atoms with E-state index in [-0.39, 0.29) is 5.92 Å². The number of nitrogens with zero attached hydrogens (tertiary/aromatic N) is 1. The molecular formula is C29H38N4O4S. The number of nitrogens with one attached hydrogen (secondary N) is 2. The summed E-state index contributed by atoms with van der Waals surface area (Å²) < 4.78 is 26.9. The van der Waals surface area contributed by atoms with Crippen molar-refractivity contribution in [2.45, 2.75) is 68.3 Å². The molecule has 1 saturated heterocycles. The van der Waals surface area contributed by atoms with Crippen molar-refractivity contribution in [1.82, 2.24) is 10.6 Å². The van der Waals surface area contributed by atoms with Gasteiger partial charge < -0.3 is 16.4 Å². The van der Waals surface area contributed by atoms with Crippen LogP contribution in [0, 0.1) is 5.92 Å². The molecule has 8 nitrogen and oxygen atoms in total. The van der Waals surface area contributed by atoms with Gasteiger partial charge in [0.05, 0.1) is 5.54 Å². The SMILES string of the molecule is CC(C)(N)C(=O)NC(CC1Cc2ccccc2C1)C(=O)N1c2ccccc2C2(CCNCC2)C1S(C)(=O)=O. The zero-order valence-corrected chi connectivity index (χ0v) is 23.2. The molecular weight excluding hydrogens is 500 g/mol. The monoisotopic (exact) mass is 538 g/mol. The van der Waals surface area contributed by atoms with Gasteiger partial charge in [0, 0.05) is 17.4 Å². The van der Waals surface area contributed by atoms with Gasteiger partial charge in [-0.1, -0.05) is 42.5 Å². The summed E-state index contributed by atoms with van der Waals surface area (Å²) in [7, 11) is -3.69. The summed E-state index contributed by atoms with van der Waals surface area (Å²) in [5.41, 5.74) is 8.24. The highest BCUT2D eigenvalue weighted by atomic mass is 32.2. The molecule has 2 atom stereocenters. The molecule has 0 bridgehead atoms. The Kier molecular flexibility index (Phi) is 6.90. The summed E-state index contributed by atoms with van der Waals surface area (Å²) in [4.78, 5) is 29.1. The molecule has 2 heterocycles. The van der Waals surface area contributed by atoms with Crippen LogP contribution in [0.15, 0.2) is 48.5 Å². The van der Waals surface area contributed by atoms with Gasteiger partial charge in [-0.2, -0.15) is 0 Å². The number of carbonyl (C=O) groups is 2. The van der Waals surface area contributed by atoms with Gasteiger partial charge in [0.2, 0.25) is 5.91 Å². The van der Waals surface area contributed by atoms with Crippen LogP contribution in [-0.4, -0.2) is 56.5 Å². The van der Waals surface area contributed by atoms with E-state index >= 15 is 0 Å². The van der Waals surface area contributed by atoms with Crippen LogP contribution in [0.25, 0.3) is 0 Å². The standard InChI is InChI=1S/C29H38N4O4S/c1-28(2,30)26(35)32-23(18-19-16-20-8-4-5-9-21(20)17-19)25(34)33-24-11-7-6-10-22(24)29(12-14-31-15-13-29)27(33)38(3,36)37/h4-11,19,23,27,31H,12-18,30H2,1-3H3,(H,32,35). The third kappa shape index (κ3) is 4.76. The van der Waals surface area contributed by atoms with Gasteiger partial charge in [0.25, 0.3) is 5.91 Å². The van der Waals surface area contributed by atoms with Gasteiger partial charge in [0.15, 0.2) is 9.84 Å². The second kappa shape index (κ2) is 9.77. The van der Waals surface area contributed by atoms with Crippen LogP contribution in [-0.2, 0) is 37.7 Å². The molecule has 2 aliphatic heterocycles. The van der Waals surface area contributed by atoms with E-state index in [4.69, 9.17) is 5.73 Å². The van der Waals surface area contributed by atoms with Gasteiger partial charge in [-0.25, -0.2) is 8.42 Å². The Morgan fingerprint density at radius 2 is 1.66 bits per heavy atom. The fourth-order valence-corrected chi connectivity index (χ4v) is 8.50. The van der Waals surface area contributed by atoms with E-state index in [2.05, 4.69) is 22.8 Å². The summed E-state index contributed by atoms with van der Waals surface area (Å²) in [5.74, 6) is -0.687. The molecule has 2 amide bonds. The van der Waals surface area contributed by atoms with Crippen LogP contribution < -0.4 is 21.3 Å². The van der Waals surface area contributed by atoms with Gasteiger partial charge in [-0.15, -0.1) is 0 Å². The Morgan fingerprint density at radius 1 is 1.08 bits per heavy atom. The van der Waals surface area contributed by atoms with Crippen molar-refractivity contribution in [1.29, 1.82) is 0 Å². The maximum Gasteiger partial charge on any atom is 0.250 e. The lowest BCUT2D eigenvalue weighted by Gasteiger charge is -2.41. The molecule has 0 saturated carbocycles. The molecule has 1 fully saturated rings. The molecule has 1 aliphatic carbocycles. The lowest BCUT2D eigenvalue weighted by molar-refractivity contribution is -0.130.